The van der Waals surface area contributed by atoms with E-state index in [4.69, 9.17) is 0 Å². The fraction of sp³-hybridized carbons (Fsp3) is 0.182. The summed E-state index contributed by atoms with van der Waals surface area (Å²) in [5.41, 5.74) is 0.00308. The van der Waals surface area contributed by atoms with Gasteiger partial charge < -0.3 is 5.32 Å². The van der Waals surface area contributed by atoms with Crippen molar-refractivity contribution in [3.63, 3.8) is 0 Å². The first-order chi connectivity index (χ1) is 9.94. The normalized spacial score (nSPS) is 11.1. The predicted molar refractivity (Wildman–Crippen MR) is 80.2 cm³/mol. The van der Waals surface area contributed by atoms with E-state index in [1.807, 2.05) is 6.92 Å². The van der Waals surface area contributed by atoms with E-state index in [0.717, 1.165) is 17.4 Å². The molecule has 0 aliphatic heterocycles. The summed E-state index contributed by atoms with van der Waals surface area (Å²) in [6.07, 6.45) is 1.44. The molecule has 2 N–H and O–H groups in total. The highest BCUT2D eigenvalue weighted by atomic mass is 32.2. The highest BCUT2D eigenvalue weighted by Crippen LogP contribution is 2.29. The van der Waals surface area contributed by atoms with Crippen molar-refractivity contribution in [3.05, 3.63) is 39.9 Å². The molecule has 0 bridgehead atoms. The fourth-order valence-electron chi connectivity index (χ4n) is 1.64. The average Bonchev–Trinajstić information content (AvgIpc) is 2.91. The van der Waals surface area contributed by atoms with Crippen LogP contribution in [-0.2, 0) is 10.0 Å². The number of nitrogens with zero attached hydrogens (tertiary/aromatic N) is 2. The minimum Gasteiger partial charge on any atom is -0.385 e. The van der Waals surface area contributed by atoms with Gasteiger partial charge in [-0.15, -0.1) is 11.3 Å². The molecule has 21 heavy (non-hydrogen) atoms. The van der Waals surface area contributed by atoms with Gasteiger partial charge in [-0.05, 0) is 19.1 Å². The molecule has 0 aliphatic carbocycles. The summed E-state index contributed by atoms with van der Waals surface area (Å²) in [5, 5.41) is 15.7. The second-order valence-electron chi connectivity index (χ2n) is 3.91. The summed E-state index contributed by atoms with van der Waals surface area (Å²) in [5.74, 6) is 0. The van der Waals surface area contributed by atoms with Crippen LogP contribution in [0.15, 0.2) is 34.7 Å². The zero-order valence-electron chi connectivity index (χ0n) is 10.9. The second kappa shape index (κ2) is 6.06. The topological polar surface area (TPSA) is 114 Å². The standard InChI is InChI=1S/C11H12N4O4S2/c1-2-12-8-3-4-9(15(16)17)10(7-8)21(18,19)14-11-13-5-6-20-11/h3-7,12H,2H2,1H3,(H,13,14). The molecule has 8 nitrogen and oxygen atoms in total. The van der Waals surface area contributed by atoms with Gasteiger partial charge in [0.1, 0.15) is 0 Å². The van der Waals surface area contributed by atoms with E-state index in [2.05, 4.69) is 15.0 Å². The Morgan fingerprint density at radius 1 is 1.43 bits per heavy atom. The molecule has 0 fully saturated rings. The van der Waals surface area contributed by atoms with Crippen LogP contribution in [0.25, 0.3) is 0 Å². The van der Waals surface area contributed by atoms with Gasteiger partial charge in [-0.3, -0.25) is 14.8 Å². The van der Waals surface area contributed by atoms with Gasteiger partial charge in [0.2, 0.25) is 0 Å². The van der Waals surface area contributed by atoms with Gasteiger partial charge in [0.15, 0.2) is 10.0 Å². The Kier molecular flexibility index (Phi) is 4.38. The van der Waals surface area contributed by atoms with Crippen molar-refractivity contribution in [2.45, 2.75) is 11.8 Å². The summed E-state index contributed by atoms with van der Waals surface area (Å²) in [6.45, 7) is 2.40. The number of nitro benzene ring substituents is 1. The maximum absolute atomic E-state index is 12.3. The molecule has 2 aromatic rings. The Bertz CT molecular complexity index is 744. The fourth-order valence-corrected chi connectivity index (χ4v) is 3.62. The summed E-state index contributed by atoms with van der Waals surface area (Å²) in [7, 11) is -4.08. The minimum atomic E-state index is -4.08. The summed E-state index contributed by atoms with van der Waals surface area (Å²) < 4.78 is 26.8. The van der Waals surface area contributed by atoms with Crippen LogP contribution in [0.4, 0.5) is 16.5 Å². The average molecular weight is 328 g/mol. The minimum absolute atomic E-state index is 0.151. The van der Waals surface area contributed by atoms with E-state index in [1.165, 1.54) is 18.3 Å². The highest BCUT2D eigenvalue weighted by Gasteiger charge is 2.27. The molecule has 0 spiro atoms. The van der Waals surface area contributed by atoms with Gasteiger partial charge >= 0.3 is 0 Å². The van der Waals surface area contributed by atoms with Crippen LogP contribution in [0.5, 0.6) is 0 Å². The Morgan fingerprint density at radius 2 is 2.19 bits per heavy atom. The molecule has 1 heterocycles. The molecule has 1 aromatic carbocycles. The van der Waals surface area contributed by atoms with Gasteiger partial charge in [-0.25, -0.2) is 13.4 Å². The molecule has 0 amide bonds. The molecular formula is C11H12N4O4S2. The number of aromatic nitrogens is 1. The van der Waals surface area contributed by atoms with Crippen molar-refractivity contribution >= 4 is 37.9 Å². The molecule has 2 rings (SSSR count). The van der Waals surface area contributed by atoms with Crippen LogP contribution < -0.4 is 10.0 Å². The van der Waals surface area contributed by atoms with Crippen molar-refractivity contribution in [3.8, 4) is 0 Å². The lowest BCUT2D eigenvalue weighted by Gasteiger charge is -2.09. The first kappa shape index (κ1) is 15.2. The van der Waals surface area contributed by atoms with E-state index in [1.54, 1.807) is 5.38 Å². The molecule has 10 heteroatoms. The number of nitrogens with one attached hydrogen (secondary N) is 2. The smallest absolute Gasteiger partial charge is 0.290 e. The first-order valence-electron chi connectivity index (χ1n) is 5.88. The largest absolute Gasteiger partial charge is 0.385 e. The lowest BCUT2D eigenvalue weighted by atomic mass is 10.3. The van der Waals surface area contributed by atoms with Crippen molar-refractivity contribution in [1.82, 2.24) is 4.98 Å². The van der Waals surface area contributed by atoms with E-state index < -0.39 is 25.5 Å². The van der Waals surface area contributed by atoms with Crippen molar-refractivity contribution in [2.24, 2.45) is 0 Å². The lowest BCUT2D eigenvalue weighted by Crippen LogP contribution is -2.15. The maximum atomic E-state index is 12.3. The molecule has 112 valence electrons. The van der Waals surface area contributed by atoms with E-state index in [0.29, 0.717) is 12.2 Å². The number of rotatable bonds is 6. The number of benzene rings is 1. The molecular weight excluding hydrogens is 316 g/mol. The van der Waals surface area contributed by atoms with Crippen LogP contribution in [0, 0.1) is 10.1 Å². The quantitative estimate of drug-likeness (QED) is 0.621. The number of thiazole rings is 1. The molecule has 0 atom stereocenters. The van der Waals surface area contributed by atoms with Crippen molar-refractivity contribution < 1.29 is 13.3 Å². The number of sulfonamides is 1. The van der Waals surface area contributed by atoms with E-state index >= 15 is 0 Å². The van der Waals surface area contributed by atoms with Crippen LogP contribution in [-0.4, -0.2) is 24.9 Å². The molecule has 0 unspecified atom stereocenters. The van der Waals surface area contributed by atoms with Gasteiger partial charge in [-0.2, -0.15) is 0 Å². The predicted octanol–water partition coefficient (Wildman–Crippen LogP) is 2.28. The number of nitro groups is 1. The van der Waals surface area contributed by atoms with Crippen LogP contribution in [0.1, 0.15) is 6.92 Å². The number of anilines is 2. The Morgan fingerprint density at radius 3 is 2.76 bits per heavy atom. The van der Waals surface area contributed by atoms with Crippen LogP contribution in [0.2, 0.25) is 0 Å². The van der Waals surface area contributed by atoms with Gasteiger partial charge in [0, 0.05) is 29.9 Å². The van der Waals surface area contributed by atoms with Crippen LogP contribution >= 0.6 is 11.3 Å². The van der Waals surface area contributed by atoms with E-state index in [-0.39, 0.29) is 5.13 Å². The van der Waals surface area contributed by atoms with Crippen molar-refractivity contribution in [1.29, 1.82) is 0 Å². The zero-order valence-corrected chi connectivity index (χ0v) is 12.6. The Labute approximate surface area is 125 Å². The van der Waals surface area contributed by atoms with Gasteiger partial charge in [0.25, 0.3) is 15.7 Å². The van der Waals surface area contributed by atoms with Crippen LogP contribution in [0.3, 0.4) is 0 Å². The first-order valence-corrected chi connectivity index (χ1v) is 8.25. The lowest BCUT2D eigenvalue weighted by molar-refractivity contribution is -0.387. The third-order valence-electron chi connectivity index (χ3n) is 2.48. The highest BCUT2D eigenvalue weighted by molar-refractivity contribution is 7.93. The van der Waals surface area contributed by atoms with Crippen molar-refractivity contribution in [2.75, 3.05) is 16.6 Å². The second-order valence-corrected chi connectivity index (χ2v) is 6.46. The Hall–Kier alpha value is -2.20. The molecule has 0 radical (unpaired) electrons. The molecule has 0 saturated carbocycles. The van der Waals surface area contributed by atoms with E-state index in [9.17, 15) is 18.5 Å². The monoisotopic (exact) mass is 328 g/mol. The molecule has 0 aliphatic rings. The zero-order chi connectivity index (χ0) is 15.5. The Balaban J connectivity index is 2.48. The van der Waals surface area contributed by atoms with Gasteiger partial charge in [-0.1, -0.05) is 0 Å². The van der Waals surface area contributed by atoms with Gasteiger partial charge in [0.05, 0.1) is 4.92 Å². The SMILES string of the molecule is CCNc1ccc([N+](=O)[O-])c(S(=O)(=O)Nc2nccs2)c1. The third kappa shape index (κ3) is 3.47. The summed E-state index contributed by atoms with van der Waals surface area (Å²) in [6, 6.07) is 3.86. The third-order valence-corrected chi connectivity index (χ3v) is 4.67. The molecule has 1 aromatic heterocycles. The number of hydrogen-bond donors (Lipinski definition) is 2. The number of hydrogen-bond acceptors (Lipinski definition) is 7. The maximum Gasteiger partial charge on any atom is 0.290 e. The summed E-state index contributed by atoms with van der Waals surface area (Å²) in [4.78, 5) is 13.7. The molecule has 0 saturated heterocycles. The summed E-state index contributed by atoms with van der Waals surface area (Å²) >= 11 is 1.09.